The monoisotopic (exact) mass is 224 g/mol. The Kier molecular flexibility index (Phi) is 4.69. The summed E-state index contributed by atoms with van der Waals surface area (Å²) in [6.07, 6.45) is 13.5. The molecule has 2 aliphatic carbocycles. The Morgan fingerprint density at radius 1 is 0.812 bits per heavy atom. The van der Waals surface area contributed by atoms with E-state index in [1.807, 2.05) is 7.11 Å². The molecule has 0 heterocycles. The van der Waals surface area contributed by atoms with Gasteiger partial charge in [0.1, 0.15) is 0 Å². The molecule has 16 heavy (non-hydrogen) atoms. The van der Waals surface area contributed by atoms with Gasteiger partial charge in [0.2, 0.25) is 0 Å². The molecule has 0 aromatic heterocycles. The first-order valence-corrected chi connectivity index (χ1v) is 7.30. The maximum Gasteiger partial charge on any atom is 0.0571 e. The summed E-state index contributed by atoms with van der Waals surface area (Å²) in [5.41, 5.74) is 0. The van der Waals surface area contributed by atoms with Crippen LogP contribution < -0.4 is 0 Å². The summed E-state index contributed by atoms with van der Waals surface area (Å²) in [6, 6.07) is 0. The molecule has 0 radical (unpaired) electrons. The molecular formula is C15H28O. The third-order valence-corrected chi connectivity index (χ3v) is 4.93. The van der Waals surface area contributed by atoms with Crippen LogP contribution in [0.25, 0.3) is 0 Å². The predicted octanol–water partition coefficient (Wildman–Crippen LogP) is 4.41. The highest BCUT2D eigenvalue weighted by molar-refractivity contribution is 4.77. The molecule has 1 nitrogen and oxygen atoms in total. The Morgan fingerprint density at radius 2 is 1.31 bits per heavy atom. The van der Waals surface area contributed by atoms with Crippen LogP contribution in [0.3, 0.4) is 0 Å². The Hall–Kier alpha value is -0.0400. The zero-order valence-electron chi connectivity index (χ0n) is 11.1. The first-order valence-electron chi connectivity index (χ1n) is 7.30. The molecular weight excluding hydrogens is 196 g/mol. The molecule has 0 spiro atoms. The van der Waals surface area contributed by atoms with Gasteiger partial charge >= 0.3 is 0 Å². The molecule has 0 aromatic carbocycles. The van der Waals surface area contributed by atoms with Gasteiger partial charge in [0.05, 0.1) is 6.10 Å². The van der Waals surface area contributed by atoms with Gasteiger partial charge in [-0.1, -0.05) is 32.6 Å². The summed E-state index contributed by atoms with van der Waals surface area (Å²) >= 11 is 0. The van der Waals surface area contributed by atoms with Crippen molar-refractivity contribution in [1.29, 1.82) is 0 Å². The van der Waals surface area contributed by atoms with E-state index in [-0.39, 0.29) is 0 Å². The van der Waals surface area contributed by atoms with E-state index in [9.17, 15) is 0 Å². The first-order chi connectivity index (χ1) is 7.78. The topological polar surface area (TPSA) is 9.23 Å². The molecule has 0 bridgehead atoms. The van der Waals surface area contributed by atoms with Crippen molar-refractivity contribution in [2.24, 2.45) is 17.8 Å². The average Bonchev–Trinajstić information content (AvgIpc) is 2.33. The Labute approximate surface area is 101 Å². The van der Waals surface area contributed by atoms with E-state index >= 15 is 0 Å². The van der Waals surface area contributed by atoms with Gasteiger partial charge in [-0.3, -0.25) is 0 Å². The molecule has 2 fully saturated rings. The lowest BCUT2D eigenvalue weighted by molar-refractivity contribution is 0.0511. The Balaban J connectivity index is 1.66. The zero-order chi connectivity index (χ0) is 11.4. The van der Waals surface area contributed by atoms with Gasteiger partial charge in [-0.15, -0.1) is 0 Å². The molecule has 0 unspecified atom stereocenters. The van der Waals surface area contributed by atoms with Crippen LogP contribution in [-0.2, 0) is 4.74 Å². The van der Waals surface area contributed by atoms with Crippen LogP contribution in [0, 0.1) is 17.8 Å². The van der Waals surface area contributed by atoms with Crippen molar-refractivity contribution < 1.29 is 4.74 Å². The van der Waals surface area contributed by atoms with Crippen LogP contribution in [0.4, 0.5) is 0 Å². The van der Waals surface area contributed by atoms with E-state index in [0.717, 1.165) is 17.8 Å². The van der Waals surface area contributed by atoms with Crippen molar-refractivity contribution in [3.05, 3.63) is 0 Å². The highest BCUT2D eigenvalue weighted by atomic mass is 16.5. The SMILES string of the molecule is COC1CCC(CC2CCC(C)CC2)CC1. The summed E-state index contributed by atoms with van der Waals surface area (Å²) < 4.78 is 5.44. The second-order valence-electron chi connectivity index (χ2n) is 6.24. The van der Waals surface area contributed by atoms with E-state index in [2.05, 4.69) is 6.92 Å². The van der Waals surface area contributed by atoms with Crippen molar-refractivity contribution in [1.82, 2.24) is 0 Å². The van der Waals surface area contributed by atoms with Crippen LogP contribution in [0.15, 0.2) is 0 Å². The molecule has 94 valence electrons. The molecule has 2 rings (SSSR count). The smallest absolute Gasteiger partial charge is 0.0571 e. The molecule has 2 saturated carbocycles. The maximum atomic E-state index is 5.44. The molecule has 1 heteroatoms. The van der Waals surface area contributed by atoms with Gasteiger partial charge in [-0.05, 0) is 49.9 Å². The van der Waals surface area contributed by atoms with E-state index in [4.69, 9.17) is 4.74 Å². The van der Waals surface area contributed by atoms with Crippen LogP contribution in [0.1, 0.15) is 64.7 Å². The number of hydrogen-bond donors (Lipinski definition) is 0. The second kappa shape index (κ2) is 6.05. The largest absolute Gasteiger partial charge is 0.381 e. The van der Waals surface area contributed by atoms with Gasteiger partial charge in [0, 0.05) is 7.11 Å². The Morgan fingerprint density at radius 3 is 1.81 bits per heavy atom. The first kappa shape index (κ1) is 12.4. The summed E-state index contributed by atoms with van der Waals surface area (Å²) in [4.78, 5) is 0. The van der Waals surface area contributed by atoms with E-state index in [1.165, 1.54) is 57.8 Å². The number of rotatable bonds is 3. The second-order valence-corrected chi connectivity index (χ2v) is 6.24. The average molecular weight is 224 g/mol. The molecule has 0 saturated heterocycles. The van der Waals surface area contributed by atoms with Crippen LogP contribution in [-0.4, -0.2) is 13.2 Å². The van der Waals surface area contributed by atoms with Crippen molar-refractivity contribution in [3.63, 3.8) is 0 Å². The third-order valence-electron chi connectivity index (χ3n) is 4.93. The summed E-state index contributed by atoms with van der Waals surface area (Å²) in [5, 5.41) is 0. The highest BCUT2D eigenvalue weighted by Crippen LogP contribution is 2.37. The minimum absolute atomic E-state index is 0.572. The quantitative estimate of drug-likeness (QED) is 0.690. The van der Waals surface area contributed by atoms with Gasteiger partial charge in [0.25, 0.3) is 0 Å². The van der Waals surface area contributed by atoms with Crippen molar-refractivity contribution in [2.75, 3.05) is 7.11 Å². The van der Waals surface area contributed by atoms with Gasteiger partial charge in [0.15, 0.2) is 0 Å². The lowest BCUT2D eigenvalue weighted by atomic mass is 9.75. The molecule has 2 aliphatic rings. The van der Waals surface area contributed by atoms with Crippen LogP contribution in [0.2, 0.25) is 0 Å². The minimum Gasteiger partial charge on any atom is -0.381 e. The predicted molar refractivity (Wildman–Crippen MR) is 68.5 cm³/mol. The Bertz CT molecular complexity index is 186. The standard InChI is InChI=1S/C15H28O/c1-12-3-5-13(6-4-12)11-14-7-9-15(16-2)10-8-14/h12-15H,3-11H2,1-2H3. The maximum absolute atomic E-state index is 5.44. The van der Waals surface area contributed by atoms with E-state index < -0.39 is 0 Å². The fourth-order valence-corrected chi connectivity index (χ4v) is 3.64. The lowest BCUT2D eigenvalue weighted by Gasteiger charge is -2.33. The number of hydrogen-bond acceptors (Lipinski definition) is 1. The molecule has 0 atom stereocenters. The summed E-state index contributed by atoms with van der Waals surface area (Å²) in [5.74, 6) is 3.07. The fraction of sp³-hybridized carbons (Fsp3) is 1.00. The normalized spacial score (nSPS) is 40.9. The number of methoxy groups -OCH3 is 1. The van der Waals surface area contributed by atoms with E-state index in [0.29, 0.717) is 6.10 Å². The van der Waals surface area contributed by atoms with Crippen molar-refractivity contribution in [3.8, 4) is 0 Å². The molecule has 0 amide bonds. The van der Waals surface area contributed by atoms with Crippen LogP contribution >= 0.6 is 0 Å². The van der Waals surface area contributed by atoms with Gasteiger partial charge in [-0.2, -0.15) is 0 Å². The molecule has 0 aromatic rings. The van der Waals surface area contributed by atoms with Gasteiger partial charge in [-0.25, -0.2) is 0 Å². The third kappa shape index (κ3) is 3.48. The minimum atomic E-state index is 0.572. The highest BCUT2D eigenvalue weighted by Gasteiger charge is 2.25. The van der Waals surface area contributed by atoms with Crippen LogP contribution in [0.5, 0.6) is 0 Å². The van der Waals surface area contributed by atoms with E-state index in [1.54, 1.807) is 0 Å². The number of ether oxygens (including phenoxy) is 1. The lowest BCUT2D eigenvalue weighted by Crippen LogP contribution is -2.23. The van der Waals surface area contributed by atoms with Crippen molar-refractivity contribution in [2.45, 2.75) is 70.8 Å². The fourth-order valence-electron chi connectivity index (χ4n) is 3.64. The summed E-state index contributed by atoms with van der Waals surface area (Å²) in [6.45, 7) is 2.42. The molecule has 0 aliphatic heterocycles. The van der Waals surface area contributed by atoms with Crippen molar-refractivity contribution >= 4 is 0 Å². The van der Waals surface area contributed by atoms with Gasteiger partial charge < -0.3 is 4.74 Å². The molecule has 0 N–H and O–H groups in total. The zero-order valence-corrected chi connectivity index (χ0v) is 11.1. The summed E-state index contributed by atoms with van der Waals surface area (Å²) in [7, 11) is 1.87.